The van der Waals surface area contributed by atoms with Crippen molar-refractivity contribution in [3.05, 3.63) is 102 Å². The largest absolute Gasteiger partial charge is 0.497 e. The van der Waals surface area contributed by atoms with Gasteiger partial charge < -0.3 is 19.4 Å². The summed E-state index contributed by atoms with van der Waals surface area (Å²) in [6, 6.07) is 25.3. The molecule has 352 valence electrons. The molecule has 0 unspecified atom stereocenters. The fraction of sp³-hybridized carbons (Fsp3) is 0.463. The fourth-order valence-corrected chi connectivity index (χ4v) is 10.2. The maximum atomic E-state index is 14.7. The van der Waals surface area contributed by atoms with Crippen LogP contribution in [0.2, 0.25) is 0 Å². The van der Waals surface area contributed by atoms with Gasteiger partial charge in [0, 0.05) is 60.3 Å². The number of aliphatic imine (C=N–C) groups is 2. The molecule has 3 aliphatic rings. The molecule has 5 heterocycles. The number of benzene rings is 3. The van der Waals surface area contributed by atoms with Gasteiger partial charge in [-0.1, -0.05) is 65.0 Å². The zero-order chi connectivity index (χ0) is 47.2. The van der Waals surface area contributed by atoms with Gasteiger partial charge in [0.05, 0.1) is 43.7 Å². The van der Waals surface area contributed by atoms with Gasteiger partial charge in [0.2, 0.25) is 5.91 Å². The number of rotatable bonds is 11. The van der Waals surface area contributed by atoms with Crippen molar-refractivity contribution in [1.82, 2.24) is 30.2 Å². The van der Waals surface area contributed by atoms with E-state index in [4.69, 9.17) is 9.47 Å². The maximum absolute atomic E-state index is 14.7. The number of fused-ring (bicyclic) bond motifs is 6. The molecule has 67 heavy (non-hydrogen) atoms. The van der Waals surface area contributed by atoms with Crippen molar-refractivity contribution in [2.24, 2.45) is 27.2 Å². The monoisotopic (exact) mass is 907 g/mol. The van der Waals surface area contributed by atoms with Crippen LogP contribution in [0.15, 0.2) is 95.2 Å². The first kappa shape index (κ1) is 47.4. The highest BCUT2D eigenvalue weighted by Gasteiger charge is 2.39. The molecular weight excluding hydrogens is 841 g/mol. The van der Waals surface area contributed by atoms with E-state index in [1.54, 1.807) is 7.11 Å². The van der Waals surface area contributed by atoms with Crippen LogP contribution in [0.4, 0.5) is 5.69 Å². The molecule has 0 saturated carbocycles. The molecule has 2 N–H and O–H groups in total. The Kier molecular flexibility index (Phi) is 14.7. The average molecular weight is 907 g/mol. The smallest absolute Gasteiger partial charge is 0.324 e. The zero-order valence-corrected chi connectivity index (χ0v) is 40.2. The summed E-state index contributed by atoms with van der Waals surface area (Å²) in [5, 5.41) is 5.91. The van der Waals surface area contributed by atoms with Gasteiger partial charge in [0.15, 0.2) is 0 Å². The van der Waals surface area contributed by atoms with Gasteiger partial charge in [-0.15, -0.1) is 0 Å². The summed E-state index contributed by atoms with van der Waals surface area (Å²) >= 11 is 0. The van der Waals surface area contributed by atoms with Crippen LogP contribution in [0.5, 0.6) is 5.75 Å². The van der Waals surface area contributed by atoms with Crippen LogP contribution in [0.25, 0.3) is 33.3 Å². The van der Waals surface area contributed by atoms with Crippen LogP contribution in [0, 0.1) is 17.3 Å². The van der Waals surface area contributed by atoms with Gasteiger partial charge in [-0.2, -0.15) is 4.99 Å². The first-order valence-electron chi connectivity index (χ1n) is 24.1. The number of nitrogens with zero attached hydrogens (tertiary/aromatic N) is 6. The number of likely N-dealkylation sites (tertiary alicyclic amines) is 1. The summed E-state index contributed by atoms with van der Waals surface area (Å²) in [7, 11) is 1.63. The van der Waals surface area contributed by atoms with Gasteiger partial charge in [-0.25, -0.2) is 10.4 Å². The van der Waals surface area contributed by atoms with Gasteiger partial charge in [-0.05, 0) is 128 Å². The van der Waals surface area contributed by atoms with E-state index in [9.17, 15) is 14.4 Å². The van der Waals surface area contributed by atoms with Crippen LogP contribution in [-0.4, -0.2) is 101 Å². The second-order valence-electron chi connectivity index (χ2n) is 19.5. The van der Waals surface area contributed by atoms with Crippen molar-refractivity contribution in [1.29, 1.82) is 0 Å². The molecule has 2 saturated heterocycles. The van der Waals surface area contributed by atoms with Crippen molar-refractivity contribution in [3.63, 3.8) is 0 Å². The molecule has 2 amide bonds. The molecule has 0 radical (unpaired) electrons. The van der Waals surface area contributed by atoms with Gasteiger partial charge in [0.25, 0.3) is 5.91 Å². The number of cyclic esters (lactones) is 1. The van der Waals surface area contributed by atoms with E-state index in [1.807, 2.05) is 48.8 Å². The van der Waals surface area contributed by atoms with Crippen LogP contribution in [-0.2, 0) is 44.9 Å². The molecule has 13 nitrogen and oxygen atoms in total. The number of hydrogen-bond acceptors (Lipinski definition) is 10. The van der Waals surface area contributed by atoms with Crippen molar-refractivity contribution in [3.8, 4) is 28.1 Å². The van der Waals surface area contributed by atoms with Crippen LogP contribution in [0.1, 0.15) is 77.5 Å². The van der Waals surface area contributed by atoms with Crippen LogP contribution in [0.3, 0.4) is 0 Å². The van der Waals surface area contributed by atoms with E-state index in [-0.39, 0.29) is 42.6 Å². The Hall–Kier alpha value is -6.14. The predicted octanol–water partition coefficient (Wildman–Crippen LogP) is 8.46. The number of hydrazine groups is 1. The third-order valence-corrected chi connectivity index (χ3v) is 13.6. The predicted molar refractivity (Wildman–Crippen MR) is 263 cm³/mol. The minimum atomic E-state index is -0.899. The summed E-state index contributed by atoms with van der Waals surface area (Å²) < 4.78 is 13.8. The highest BCUT2D eigenvalue weighted by molar-refractivity contribution is 5.95. The second kappa shape index (κ2) is 20.8. The highest BCUT2D eigenvalue weighted by Crippen LogP contribution is 2.41. The summed E-state index contributed by atoms with van der Waals surface area (Å²) in [5.74, 6) is 0.102. The number of carbonyl (C=O) groups excluding carboxylic acids is 3. The summed E-state index contributed by atoms with van der Waals surface area (Å²) in [6.07, 6.45) is 7.66. The minimum absolute atomic E-state index is 0.0253. The highest BCUT2D eigenvalue weighted by atomic mass is 16.5. The third-order valence-electron chi connectivity index (χ3n) is 13.6. The molecular formula is C54H66N8O5. The molecule has 0 aliphatic carbocycles. The van der Waals surface area contributed by atoms with E-state index < -0.39 is 23.5 Å². The number of carbonyl (C=O) groups is 3. The molecule has 0 spiro atoms. The molecule has 8 rings (SSSR count). The summed E-state index contributed by atoms with van der Waals surface area (Å²) in [5.41, 5.74) is 12.4. The molecule has 2 aromatic heterocycles. The first-order chi connectivity index (χ1) is 32.4. The Bertz CT molecular complexity index is 2650. The Morgan fingerprint density at radius 2 is 1.84 bits per heavy atom. The Balaban J connectivity index is 1.10. The summed E-state index contributed by atoms with van der Waals surface area (Å²) in [4.78, 5) is 58.9. The van der Waals surface area contributed by atoms with Gasteiger partial charge in [-0.3, -0.25) is 29.3 Å². The average Bonchev–Trinajstić information content (AvgIpc) is 3.92. The van der Waals surface area contributed by atoms with E-state index in [2.05, 4.69) is 119 Å². The number of hydrogen-bond donors (Lipinski definition) is 2. The van der Waals surface area contributed by atoms with Crippen molar-refractivity contribution >= 4 is 40.4 Å². The van der Waals surface area contributed by atoms with Gasteiger partial charge >= 0.3 is 5.97 Å². The second-order valence-corrected chi connectivity index (χ2v) is 19.5. The van der Waals surface area contributed by atoms with Crippen LogP contribution < -0.4 is 15.5 Å². The van der Waals surface area contributed by atoms with Gasteiger partial charge in [0.1, 0.15) is 17.8 Å². The van der Waals surface area contributed by atoms with E-state index in [0.29, 0.717) is 38.9 Å². The first-order valence-corrected chi connectivity index (χ1v) is 24.1. The normalized spacial score (nSPS) is 20.5. The number of aryl methyl sites for hydroxylation is 2. The lowest BCUT2D eigenvalue weighted by Crippen LogP contribution is -2.62. The third kappa shape index (κ3) is 10.7. The van der Waals surface area contributed by atoms with Crippen LogP contribution >= 0.6 is 0 Å². The number of esters is 1. The molecule has 2 fully saturated rings. The zero-order valence-electron chi connectivity index (χ0n) is 40.2. The lowest BCUT2D eigenvalue weighted by atomic mass is 9.84. The Morgan fingerprint density at radius 3 is 2.60 bits per heavy atom. The van der Waals surface area contributed by atoms with E-state index in [0.717, 1.165) is 76.2 Å². The molecule has 3 aromatic carbocycles. The number of nitrogens with one attached hydrogen (secondary N) is 2. The van der Waals surface area contributed by atoms with Crippen molar-refractivity contribution < 1.29 is 23.9 Å². The quantitative estimate of drug-likeness (QED) is 0.0994. The Labute approximate surface area is 395 Å². The Morgan fingerprint density at radius 1 is 1.03 bits per heavy atom. The van der Waals surface area contributed by atoms with Crippen molar-refractivity contribution in [2.45, 2.75) is 105 Å². The molecule has 13 heteroatoms. The van der Waals surface area contributed by atoms with E-state index in [1.165, 1.54) is 16.1 Å². The standard InChI is InChI=1S/C54H66N8O5/c1-8-38-21-23-55-31-45(38)50-44-29-54(5,6)33-67-53(65)46-14-11-24-62(59-46)52(64)47(27-36-12-10-13-39(26-36)40-15-20-48(43(44)28-40)61(50)9-2)58-51(63)49(35(3)4)60-25-22-37(32-60)30-56-34-57-41-16-18-42(66-7)19-17-41/h10,12-13,15-21,23,26,28,31,35,37,46-47,49,59H,8-9,11,14,22,24-25,27,29-30,32-33H2,1-7H3,(H,58,63)/t37-,46+,47+,49+/m1/s1. The molecule has 3 aliphatic heterocycles. The fourth-order valence-electron chi connectivity index (χ4n) is 10.2. The van der Waals surface area contributed by atoms with E-state index >= 15 is 0 Å². The maximum Gasteiger partial charge on any atom is 0.324 e. The number of aromatic nitrogens is 2. The summed E-state index contributed by atoms with van der Waals surface area (Å²) in [6.45, 7) is 16.1. The number of methoxy groups -OCH3 is 1. The SMILES string of the molecule is CCc1ccncc1-c1c2c3cc(ccc3n1CC)-c1cccc(c1)C[C@H](NC(=O)[C@H](C(C)C)N1CC[C@H](CN=C=Nc3ccc(OC)cc3)C1)C(=O)N1CCC[C@H](N1)C(=O)OCC(C)(C)C2. The number of ether oxygens (including phenoxy) is 2. The van der Waals surface area contributed by atoms with Crippen molar-refractivity contribution in [2.75, 3.05) is 39.9 Å². The lowest BCUT2D eigenvalue weighted by molar-refractivity contribution is -0.155. The molecule has 5 aromatic rings. The molecule has 4 atom stereocenters. The topological polar surface area (TPSA) is 143 Å². The number of amides is 2. The molecule has 6 bridgehead atoms. The number of pyridine rings is 1. The lowest BCUT2D eigenvalue weighted by Gasteiger charge is -2.36. The minimum Gasteiger partial charge on any atom is -0.497 e.